The fraction of sp³-hybridized carbons (Fsp3) is 0.312. The van der Waals surface area contributed by atoms with Crippen molar-refractivity contribution in [3.05, 3.63) is 54.6 Å². The zero-order valence-electron chi connectivity index (χ0n) is 13.9. The van der Waals surface area contributed by atoms with Crippen LogP contribution in [0.3, 0.4) is 0 Å². The van der Waals surface area contributed by atoms with E-state index >= 15 is 0 Å². The smallest absolute Gasteiger partial charge is 0.191 e. The molecule has 2 N–H and O–H groups in total. The van der Waals surface area contributed by atoms with Gasteiger partial charge in [-0.3, -0.25) is 9.67 Å². The molecule has 24 heavy (non-hydrogen) atoms. The highest BCUT2D eigenvalue weighted by Crippen LogP contribution is 2.17. The van der Waals surface area contributed by atoms with Crippen LogP contribution in [0.4, 0.5) is 0 Å². The standard InChI is InChI=1S/C16H22N6O.HI/c1-4-9-23-14-8-6-5-7-13(14)10-18-16(17-2)19-11-15-20-12-21-22(15)3;/h4-8,12H,1,9-11H2,2-3H3,(H2,17,18,19);1H. The fourth-order valence-corrected chi connectivity index (χ4v) is 1.98. The van der Waals surface area contributed by atoms with Gasteiger partial charge in [0.2, 0.25) is 0 Å². The van der Waals surface area contributed by atoms with E-state index in [0.717, 1.165) is 17.1 Å². The maximum absolute atomic E-state index is 5.65. The van der Waals surface area contributed by atoms with Crippen LogP contribution < -0.4 is 15.4 Å². The maximum atomic E-state index is 5.65. The summed E-state index contributed by atoms with van der Waals surface area (Å²) in [4.78, 5) is 8.37. The van der Waals surface area contributed by atoms with Gasteiger partial charge < -0.3 is 15.4 Å². The highest BCUT2D eigenvalue weighted by atomic mass is 127. The van der Waals surface area contributed by atoms with Crippen molar-refractivity contribution in [1.29, 1.82) is 0 Å². The first kappa shape index (κ1) is 19.9. The van der Waals surface area contributed by atoms with Gasteiger partial charge in [0, 0.05) is 26.2 Å². The molecule has 0 aliphatic carbocycles. The summed E-state index contributed by atoms with van der Waals surface area (Å²) in [5.41, 5.74) is 1.05. The third kappa shape index (κ3) is 5.84. The number of nitrogens with zero attached hydrogens (tertiary/aromatic N) is 4. The summed E-state index contributed by atoms with van der Waals surface area (Å²) in [7, 11) is 3.58. The molecule has 0 saturated heterocycles. The first-order valence-electron chi connectivity index (χ1n) is 7.33. The molecule has 1 heterocycles. The van der Waals surface area contributed by atoms with Crippen molar-refractivity contribution in [2.75, 3.05) is 13.7 Å². The molecule has 0 bridgehead atoms. The number of halogens is 1. The van der Waals surface area contributed by atoms with E-state index in [-0.39, 0.29) is 24.0 Å². The number of aromatic nitrogens is 3. The van der Waals surface area contributed by atoms with Crippen molar-refractivity contribution in [3.8, 4) is 5.75 Å². The SMILES string of the molecule is C=CCOc1ccccc1CNC(=NC)NCc1ncnn1C.I. The Morgan fingerprint density at radius 2 is 2.08 bits per heavy atom. The van der Waals surface area contributed by atoms with Gasteiger partial charge >= 0.3 is 0 Å². The first-order chi connectivity index (χ1) is 11.2. The molecular formula is C16H23IN6O. The van der Waals surface area contributed by atoms with Crippen LogP contribution in [0.15, 0.2) is 48.2 Å². The van der Waals surface area contributed by atoms with Gasteiger partial charge in [-0.25, -0.2) is 4.98 Å². The Balaban J connectivity index is 0.00000288. The summed E-state index contributed by atoms with van der Waals surface area (Å²) >= 11 is 0. The van der Waals surface area contributed by atoms with E-state index in [1.54, 1.807) is 17.8 Å². The van der Waals surface area contributed by atoms with E-state index in [2.05, 4.69) is 32.3 Å². The minimum Gasteiger partial charge on any atom is -0.489 e. The monoisotopic (exact) mass is 442 g/mol. The Morgan fingerprint density at radius 1 is 1.33 bits per heavy atom. The average molecular weight is 442 g/mol. The number of nitrogens with one attached hydrogen (secondary N) is 2. The highest BCUT2D eigenvalue weighted by Gasteiger charge is 2.05. The largest absolute Gasteiger partial charge is 0.489 e. The van der Waals surface area contributed by atoms with Gasteiger partial charge in [0.1, 0.15) is 24.5 Å². The third-order valence-corrected chi connectivity index (χ3v) is 3.22. The molecule has 0 aliphatic rings. The summed E-state index contributed by atoms with van der Waals surface area (Å²) in [5, 5.41) is 10.5. The average Bonchev–Trinajstić information content (AvgIpc) is 2.99. The maximum Gasteiger partial charge on any atom is 0.191 e. The topological polar surface area (TPSA) is 76.4 Å². The summed E-state index contributed by atoms with van der Waals surface area (Å²) in [6.07, 6.45) is 3.26. The lowest BCUT2D eigenvalue weighted by molar-refractivity contribution is 0.358. The van der Waals surface area contributed by atoms with Crippen molar-refractivity contribution in [2.45, 2.75) is 13.1 Å². The predicted octanol–water partition coefficient (Wildman–Crippen LogP) is 1.86. The molecule has 1 aromatic carbocycles. The molecule has 7 nitrogen and oxygen atoms in total. The van der Waals surface area contributed by atoms with Crippen molar-refractivity contribution in [2.24, 2.45) is 12.0 Å². The zero-order valence-corrected chi connectivity index (χ0v) is 16.2. The Bertz CT molecular complexity index is 670. The molecule has 1 aromatic heterocycles. The molecule has 0 saturated carbocycles. The number of para-hydroxylation sites is 1. The molecule has 2 rings (SSSR count). The molecule has 0 fully saturated rings. The number of guanidine groups is 1. The predicted molar refractivity (Wildman–Crippen MR) is 106 cm³/mol. The summed E-state index contributed by atoms with van der Waals surface area (Å²) in [6, 6.07) is 7.88. The van der Waals surface area contributed by atoms with Crippen LogP contribution in [0.25, 0.3) is 0 Å². The zero-order chi connectivity index (χ0) is 16.5. The molecule has 0 spiro atoms. The summed E-state index contributed by atoms with van der Waals surface area (Å²) in [6.45, 7) is 5.30. The second-order valence-electron chi connectivity index (χ2n) is 4.79. The molecule has 8 heteroatoms. The van der Waals surface area contributed by atoms with E-state index in [0.29, 0.717) is 25.7 Å². The Hall–Kier alpha value is -2.10. The minimum absolute atomic E-state index is 0. The lowest BCUT2D eigenvalue weighted by Gasteiger charge is -2.14. The lowest BCUT2D eigenvalue weighted by atomic mass is 10.2. The normalized spacial score (nSPS) is 10.7. The fourth-order valence-electron chi connectivity index (χ4n) is 1.98. The third-order valence-electron chi connectivity index (χ3n) is 3.22. The van der Waals surface area contributed by atoms with Gasteiger partial charge in [-0.15, -0.1) is 24.0 Å². The molecular weight excluding hydrogens is 419 g/mol. The van der Waals surface area contributed by atoms with Crippen molar-refractivity contribution in [3.63, 3.8) is 0 Å². The van der Waals surface area contributed by atoms with Gasteiger partial charge in [-0.05, 0) is 6.07 Å². The molecule has 0 radical (unpaired) electrons. The number of benzene rings is 1. The van der Waals surface area contributed by atoms with Crippen molar-refractivity contribution >= 4 is 29.9 Å². The van der Waals surface area contributed by atoms with Crippen LogP contribution in [0.1, 0.15) is 11.4 Å². The molecule has 0 aliphatic heterocycles. The van der Waals surface area contributed by atoms with Gasteiger partial charge in [-0.2, -0.15) is 5.10 Å². The van der Waals surface area contributed by atoms with E-state index in [9.17, 15) is 0 Å². The molecule has 0 amide bonds. The van der Waals surface area contributed by atoms with E-state index < -0.39 is 0 Å². The number of rotatable bonds is 7. The lowest BCUT2D eigenvalue weighted by Crippen LogP contribution is -2.37. The quantitative estimate of drug-likeness (QED) is 0.296. The van der Waals surface area contributed by atoms with Gasteiger partial charge in [0.15, 0.2) is 5.96 Å². The molecule has 2 aromatic rings. The van der Waals surface area contributed by atoms with Crippen molar-refractivity contribution in [1.82, 2.24) is 25.4 Å². The van der Waals surface area contributed by atoms with Crippen LogP contribution in [-0.2, 0) is 20.1 Å². The molecule has 0 atom stereocenters. The number of aliphatic imine (C=N–C) groups is 1. The van der Waals surface area contributed by atoms with Crippen molar-refractivity contribution < 1.29 is 4.74 Å². The van der Waals surface area contributed by atoms with Gasteiger partial charge in [0.05, 0.1) is 6.54 Å². The second kappa shape index (κ2) is 10.6. The van der Waals surface area contributed by atoms with E-state index in [4.69, 9.17) is 4.74 Å². The highest BCUT2D eigenvalue weighted by molar-refractivity contribution is 14.0. The van der Waals surface area contributed by atoms with Crippen LogP contribution in [0.5, 0.6) is 5.75 Å². The number of hydrogen-bond donors (Lipinski definition) is 2. The number of ether oxygens (including phenoxy) is 1. The minimum atomic E-state index is 0. The summed E-state index contributed by atoms with van der Waals surface area (Å²) < 4.78 is 7.37. The van der Waals surface area contributed by atoms with E-state index in [1.165, 1.54) is 6.33 Å². The van der Waals surface area contributed by atoms with Crippen LogP contribution >= 0.6 is 24.0 Å². The Morgan fingerprint density at radius 3 is 2.75 bits per heavy atom. The van der Waals surface area contributed by atoms with Crippen LogP contribution in [-0.4, -0.2) is 34.4 Å². The first-order valence-corrected chi connectivity index (χ1v) is 7.33. The Kier molecular flexibility index (Phi) is 8.84. The van der Waals surface area contributed by atoms with Gasteiger partial charge in [0.25, 0.3) is 0 Å². The number of aryl methyl sites for hydroxylation is 1. The second-order valence-corrected chi connectivity index (χ2v) is 4.79. The van der Waals surface area contributed by atoms with E-state index in [1.807, 2.05) is 31.3 Å². The van der Waals surface area contributed by atoms with Gasteiger partial charge in [-0.1, -0.05) is 30.9 Å². The number of hydrogen-bond acceptors (Lipinski definition) is 4. The summed E-state index contributed by atoms with van der Waals surface area (Å²) in [5.74, 6) is 2.36. The van der Waals surface area contributed by atoms with Crippen LogP contribution in [0.2, 0.25) is 0 Å². The van der Waals surface area contributed by atoms with Crippen LogP contribution in [0, 0.1) is 0 Å². The molecule has 130 valence electrons. The molecule has 0 unspecified atom stereocenters. The Labute approximate surface area is 159 Å².